The van der Waals surface area contributed by atoms with E-state index in [9.17, 15) is 0 Å². The summed E-state index contributed by atoms with van der Waals surface area (Å²) in [5.74, 6) is 0. The van der Waals surface area contributed by atoms with Gasteiger partial charge in [-0.25, -0.2) is 0 Å². The monoisotopic (exact) mass is 384 g/mol. The number of halogens is 2. The average molecular weight is 385 g/mol. The molecule has 0 saturated carbocycles. The third-order valence-electron chi connectivity index (χ3n) is 0.908. The van der Waals surface area contributed by atoms with Gasteiger partial charge in [-0.15, -0.1) is 0 Å². The van der Waals surface area contributed by atoms with E-state index in [4.69, 9.17) is 30.3 Å². The van der Waals surface area contributed by atoms with Crippen LogP contribution in [0, 0.1) is 0 Å². The van der Waals surface area contributed by atoms with Gasteiger partial charge in [-0.05, 0) is 25.9 Å². The van der Waals surface area contributed by atoms with Gasteiger partial charge in [0.25, 0.3) is 0 Å². The van der Waals surface area contributed by atoms with Crippen LogP contribution in [0.5, 0.6) is 0 Å². The third kappa shape index (κ3) is 35.2. The van der Waals surface area contributed by atoms with Gasteiger partial charge in [0.1, 0.15) is 0 Å². The first kappa shape index (κ1) is 18.0. The van der Waals surface area contributed by atoms with Gasteiger partial charge in [0.2, 0.25) is 0 Å². The van der Waals surface area contributed by atoms with E-state index >= 15 is 0 Å². The van der Waals surface area contributed by atoms with Crippen molar-refractivity contribution in [3.8, 4) is 0 Å². The molecule has 0 aromatic carbocycles. The van der Waals surface area contributed by atoms with Crippen LogP contribution in [0.2, 0.25) is 0 Å². The topological polar surface area (TPSA) is 87.0 Å². The van der Waals surface area contributed by atoms with Gasteiger partial charge in [0.05, 0.1) is 0 Å². The zero-order chi connectivity index (χ0) is 8.24. The molecular weight excluding hydrogens is 368 g/mol. The minimum absolute atomic E-state index is 0. The van der Waals surface area contributed by atoms with Crippen LogP contribution >= 0.6 is 18.8 Å². The molecule has 0 saturated heterocycles. The molecule has 0 fully saturated rings. The number of unbranched alkanes of at least 4 members (excludes halogenated alkanes) is 2. The standard InChI is InChI=1S/C5H14N2.2ClH.H3N.Pt/c6-4-2-1-3-5-7;;;;/h1-7H2;2*1H;1H3;/q;;;;+2/p-2. The van der Waals surface area contributed by atoms with E-state index in [1.54, 1.807) is 0 Å². The van der Waals surface area contributed by atoms with E-state index in [2.05, 4.69) is 0 Å². The summed E-state index contributed by atoms with van der Waals surface area (Å²) in [6.07, 6.45) is 3.43. The van der Waals surface area contributed by atoms with E-state index in [0.29, 0.717) is 0 Å². The van der Waals surface area contributed by atoms with E-state index in [0.717, 1.165) is 25.9 Å². The molecule has 0 bridgehead atoms. The second-order valence-electron chi connectivity index (χ2n) is 1.68. The SMILES string of the molecule is N.NCCCCCN.[Cl][Pt][Cl]. The zero-order valence-electron chi connectivity index (χ0n) is 6.47. The molecule has 0 rings (SSSR count). The van der Waals surface area contributed by atoms with Gasteiger partial charge < -0.3 is 17.6 Å². The summed E-state index contributed by atoms with van der Waals surface area (Å²) in [4.78, 5) is 0. The predicted octanol–water partition coefficient (Wildman–Crippen LogP) is 1.61. The molecule has 0 aliphatic carbocycles. The number of nitrogens with two attached hydrogens (primary N) is 2. The van der Waals surface area contributed by atoms with Gasteiger partial charge in [-0.3, -0.25) is 0 Å². The molecular formula is C5H17Cl2N3Pt. The van der Waals surface area contributed by atoms with Gasteiger partial charge in [0, 0.05) is 0 Å². The van der Waals surface area contributed by atoms with Crippen LogP contribution in [0.3, 0.4) is 0 Å². The van der Waals surface area contributed by atoms with Crippen LogP contribution in [-0.4, -0.2) is 13.1 Å². The maximum absolute atomic E-state index is 5.23. The molecule has 0 heterocycles. The van der Waals surface area contributed by atoms with Crippen molar-refractivity contribution in [2.45, 2.75) is 19.3 Å². The summed E-state index contributed by atoms with van der Waals surface area (Å²) in [6.45, 7) is 1.61. The number of hydrogen-bond acceptors (Lipinski definition) is 3. The first-order valence-corrected chi connectivity index (χ1v) is 8.69. The Morgan fingerprint density at radius 3 is 1.36 bits per heavy atom. The molecule has 0 unspecified atom stereocenters. The molecule has 0 aliphatic heterocycles. The summed E-state index contributed by atoms with van der Waals surface area (Å²) >= 11 is -0.472. The molecule has 0 atom stereocenters. The molecule has 0 aliphatic rings. The van der Waals surface area contributed by atoms with Crippen LogP contribution < -0.4 is 17.6 Å². The van der Waals surface area contributed by atoms with Crippen LogP contribution in [0.15, 0.2) is 0 Å². The molecule has 0 aromatic heterocycles. The van der Waals surface area contributed by atoms with Crippen molar-refractivity contribution in [2.24, 2.45) is 11.5 Å². The van der Waals surface area contributed by atoms with Crippen molar-refractivity contribution in [3.05, 3.63) is 0 Å². The predicted molar refractivity (Wildman–Crippen MR) is 48.7 cm³/mol. The molecule has 3 nitrogen and oxygen atoms in total. The second kappa shape index (κ2) is 22.5. The summed E-state index contributed by atoms with van der Waals surface area (Å²) in [6, 6.07) is 0. The van der Waals surface area contributed by atoms with Crippen LogP contribution in [0.25, 0.3) is 0 Å². The molecule has 0 spiro atoms. The van der Waals surface area contributed by atoms with Gasteiger partial charge in [-0.1, -0.05) is 6.42 Å². The fourth-order valence-electron chi connectivity index (χ4n) is 0.465. The Morgan fingerprint density at radius 1 is 0.909 bits per heavy atom. The van der Waals surface area contributed by atoms with Crippen molar-refractivity contribution in [3.63, 3.8) is 0 Å². The Labute approximate surface area is 85.1 Å². The molecule has 7 N–H and O–H groups in total. The third-order valence-corrected chi connectivity index (χ3v) is 0.908. The molecule has 0 amide bonds. The molecule has 76 valence electrons. The number of rotatable bonds is 4. The first-order chi connectivity index (χ1) is 4.83. The van der Waals surface area contributed by atoms with E-state index in [1.807, 2.05) is 0 Å². The van der Waals surface area contributed by atoms with Crippen molar-refractivity contribution < 1.29 is 16.5 Å². The molecule has 6 heteroatoms. The molecule has 11 heavy (non-hydrogen) atoms. The Kier molecular flexibility index (Phi) is 36.9. The number of hydrogen-bond donors (Lipinski definition) is 3. The van der Waals surface area contributed by atoms with Crippen molar-refractivity contribution in [2.75, 3.05) is 13.1 Å². The van der Waals surface area contributed by atoms with Crippen LogP contribution in [0.4, 0.5) is 0 Å². The molecule has 0 radical (unpaired) electrons. The Bertz CT molecular complexity index is 46.7. The van der Waals surface area contributed by atoms with E-state index in [-0.39, 0.29) is 6.15 Å². The van der Waals surface area contributed by atoms with Crippen LogP contribution in [0.1, 0.15) is 19.3 Å². The Hall–Kier alpha value is 1.15. The van der Waals surface area contributed by atoms with Crippen LogP contribution in [-0.2, 0) is 16.5 Å². The minimum atomic E-state index is -0.472. The summed E-state index contributed by atoms with van der Waals surface area (Å²) in [7, 11) is 9.75. The summed E-state index contributed by atoms with van der Waals surface area (Å²) < 4.78 is 0. The Balaban J connectivity index is -0.000000140. The first-order valence-electron chi connectivity index (χ1n) is 3.06. The van der Waals surface area contributed by atoms with E-state index in [1.165, 1.54) is 6.42 Å². The molecule has 0 aromatic rings. The van der Waals surface area contributed by atoms with Crippen molar-refractivity contribution >= 4 is 18.8 Å². The Morgan fingerprint density at radius 2 is 1.18 bits per heavy atom. The zero-order valence-corrected chi connectivity index (χ0v) is 10.3. The maximum atomic E-state index is 5.23. The summed E-state index contributed by atoms with van der Waals surface area (Å²) in [5, 5.41) is 0. The summed E-state index contributed by atoms with van der Waals surface area (Å²) in [5.41, 5.74) is 10.5. The van der Waals surface area contributed by atoms with E-state index < -0.39 is 16.5 Å². The fraction of sp³-hybridized carbons (Fsp3) is 1.00. The van der Waals surface area contributed by atoms with Crippen molar-refractivity contribution in [1.82, 2.24) is 6.15 Å². The normalized spacial score (nSPS) is 8.00. The van der Waals surface area contributed by atoms with Gasteiger partial charge >= 0.3 is 35.3 Å². The average Bonchev–Trinajstić information content (AvgIpc) is 1.91. The van der Waals surface area contributed by atoms with Gasteiger partial charge in [0.15, 0.2) is 0 Å². The quantitative estimate of drug-likeness (QED) is 0.643. The second-order valence-corrected chi connectivity index (χ2v) is 4.97. The fourth-order valence-corrected chi connectivity index (χ4v) is 0.465. The van der Waals surface area contributed by atoms with Crippen molar-refractivity contribution in [1.29, 1.82) is 0 Å². The van der Waals surface area contributed by atoms with Gasteiger partial charge in [-0.2, -0.15) is 0 Å².